The summed E-state index contributed by atoms with van der Waals surface area (Å²) in [5.41, 5.74) is 1.63. The molecule has 0 saturated heterocycles. The normalized spacial score (nSPS) is 11.8. The molecule has 0 aliphatic rings. The molecule has 1 N–H and O–H groups in total. The largest absolute Gasteiger partial charge is 0.497 e. The van der Waals surface area contributed by atoms with Gasteiger partial charge in [-0.2, -0.15) is 8.78 Å². The number of hydrogen-bond acceptors (Lipinski definition) is 5. The lowest BCUT2D eigenvalue weighted by atomic mass is 10.1. The lowest BCUT2D eigenvalue weighted by Crippen LogP contribution is -2.35. The molecule has 1 amide bonds. The fraction of sp³-hybridized carbons (Fsp3) is 0.381. The molecule has 0 fully saturated rings. The van der Waals surface area contributed by atoms with Gasteiger partial charge in [-0.1, -0.05) is 18.2 Å². The van der Waals surface area contributed by atoms with Crippen molar-refractivity contribution in [2.24, 2.45) is 0 Å². The zero-order valence-electron chi connectivity index (χ0n) is 16.6. The van der Waals surface area contributed by atoms with Crippen LogP contribution in [-0.4, -0.2) is 39.4 Å². The third-order valence-electron chi connectivity index (χ3n) is 4.16. The maximum atomic E-state index is 12.5. The number of carbonyl (C=O) groups is 1. The van der Waals surface area contributed by atoms with E-state index in [0.717, 1.165) is 16.9 Å². The van der Waals surface area contributed by atoms with Gasteiger partial charge in [-0.15, -0.1) is 0 Å². The molecule has 0 bridgehead atoms. The van der Waals surface area contributed by atoms with Gasteiger partial charge in [0.2, 0.25) is 5.91 Å². The second-order valence-electron chi connectivity index (χ2n) is 6.21. The first-order valence-corrected chi connectivity index (χ1v) is 9.07. The predicted octanol–water partition coefficient (Wildman–Crippen LogP) is 3.57. The van der Waals surface area contributed by atoms with E-state index < -0.39 is 12.7 Å². The molecule has 0 aliphatic carbocycles. The van der Waals surface area contributed by atoms with Crippen molar-refractivity contribution in [1.29, 1.82) is 0 Å². The zero-order valence-corrected chi connectivity index (χ0v) is 16.6. The molecule has 2 aromatic rings. The van der Waals surface area contributed by atoms with Gasteiger partial charge in [0, 0.05) is 6.54 Å². The van der Waals surface area contributed by atoms with Crippen LogP contribution in [0.3, 0.4) is 0 Å². The van der Waals surface area contributed by atoms with E-state index in [1.807, 2.05) is 24.3 Å². The van der Waals surface area contributed by atoms with Crippen molar-refractivity contribution in [2.45, 2.75) is 32.7 Å². The van der Waals surface area contributed by atoms with Crippen LogP contribution in [0.4, 0.5) is 8.78 Å². The number of alkyl halides is 2. The van der Waals surface area contributed by atoms with Crippen LogP contribution in [0.5, 0.6) is 17.2 Å². The topological polar surface area (TPSA) is 66.0 Å². The van der Waals surface area contributed by atoms with Gasteiger partial charge >= 0.3 is 6.61 Å². The first kappa shape index (κ1) is 22.4. The molecule has 0 heterocycles. The molecule has 8 heteroatoms. The Bertz CT molecular complexity index is 800. The zero-order chi connectivity index (χ0) is 21.2. The number of benzene rings is 2. The Morgan fingerprint density at radius 3 is 2.52 bits per heavy atom. The van der Waals surface area contributed by atoms with Gasteiger partial charge in [-0.3, -0.25) is 4.79 Å². The van der Waals surface area contributed by atoms with Crippen molar-refractivity contribution >= 4 is 5.91 Å². The number of hydrogen-bond donors (Lipinski definition) is 1. The van der Waals surface area contributed by atoms with E-state index in [0.29, 0.717) is 13.0 Å². The Morgan fingerprint density at radius 2 is 1.83 bits per heavy atom. The highest BCUT2D eigenvalue weighted by atomic mass is 19.3. The number of amides is 1. The summed E-state index contributed by atoms with van der Waals surface area (Å²) in [6, 6.07) is 12.2. The number of carbonyl (C=O) groups excluding carboxylic acids is 1. The summed E-state index contributed by atoms with van der Waals surface area (Å²) in [6.45, 7) is -0.677. The van der Waals surface area contributed by atoms with Gasteiger partial charge in [0.1, 0.15) is 11.9 Å². The van der Waals surface area contributed by atoms with Gasteiger partial charge in [-0.05, 0) is 48.7 Å². The first-order chi connectivity index (χ1) is 13.9. The highest BCUT2D eigenvalue weighted by Crippen LogP contribution is 2.29. The van der Waals surface area contributed by atoms with Crippen molar-refractivity contribution in [2.75, 3.05) is 20.8 Å². The predicted molar refractivity (Wildman–Crippen MR) is 104 cm³/mol. The molecule has 0 saturated carbocycles. The Labute approximate surface area is 168 Å². The van der Waals surface area contributed by atoms with Crippen molar-refractivity contribution in [3.8, 4) is 17.2 Å². The maximum absolute atomic E-state index is 12.5. The van der Waals surface area contributed by atoms with Gasteiger partial charge in [0.15, 0.2) is 11.5 Å². The third-order valence-corrected chi connectivity index (χ3v) is 4.16. The second-order valence-corrected chi connectivity index (χ2v) is 6.21. The van der Waals surface area contributed by atoms with E-state index in [4.69, 9.17) is 14.2 Å². The SMILES string of the molecule is COc1cccc(COC(C)C(=O)NCCc2ccc(OC)c(OC(F)F)c2)c1. The summed E-state index contributed by atoms with van der Waals surface area (Å²) < 4.78 is 45.2. The molecule has 1 unspecified atom stereocenters. The van der Waals surface area contributed by atoms with Crippen LogP contribution in [0.2, 0.25) is 0 Å². The summed E-state index contributed by atoms with van der Waals surface area (Å²) in [4.78, 5) is 12.2. The van der Waals surface area contributed by atoms with Crippen LogP contribution < -0.4 is 19.5 Å². The van der Waals surface area contributed by atoms with E-state index in [9.17, 15) is 13.6 Å². The Hall–Kier alpha value is -2.87. The minimum atomic E-state index is -2.94. The molecule has 29 heavy (non-hydrogen) atoms. The quantitative estimate of drug-likeness (QED) is 0.615. The highest BCUT2D eigenvalue weighted by Gasteiger charge is 2.14. The summed E-state index contributed by atoms with van der Waals surface area (Å²) in [5.74, 6) is 0.641. The van der Waals surface area contributed by atoms with Crippen LogP contribution in [0.25, 0.3) is 0 Å². The fourth-order valence-electron chi connectivity index (χ4n) is 2.60. The van der Waals surface area contributed by atoms with E-state index in [1.54, 1.807) is 26.2 Å². The van der Waals surface area contributed by atoms with Crippen molar-refractivity contribution in [3.05, 3.63) is 53.6 Å². The number of methoxy groups -OCH3 is 2. The average Bonchev–Trinajstić information content (AvgIpc) is 2.71. The summed E-state index contributed by atoms with van der Waals surface area (Å²) in [5, 5.41) is 2.77. The summed E-state index contributed by atoms with van der Waals surface area (Å²) in [7, 11) is 2.96. The molecule has 158 valence electrons. The standard InChI is InChI=1S/C21H25F2NO5/c1-14(28-13-16-5-4-6-17(11-16)26-2)20(25)24-10-9-15-7-8-18(27-3)19(12-15)29-21(22)23/h4-8,11-12,14,21H,9-10,13H2,1-3H3,(H,24,25). The van der Waals surface area contributed by atoms with Crippen LogP contribution in [0, 0.1) is 0 Å². The van der Waals surface area contributed by atoms with E-state index in [1.165, 1.54) is 13.2 Å². The van der Waals surface area contributed by atoms with Crippen LogP contribution in [-0.2, 0) is 22.6 Å². The Kier molecular flexibility index (Phi) is 8.67. The lowest BCUT2D eigenvalue weighted by molar-refractivity contribution is -0.132. The maximum Gasteiger partial charge on any atom is 0.387 e. The molecule has 2 aromatic carbocycles. The van der Waals surface area contributed by atoms with E-state index >= 15 is 0 Å². The average molecular weight is 409 g/mol. The van der Waals surface area contributed by atoms with Crippen molar-refractivity contribution < 1.29 is 32.5 Å². The van der Waals surface area contributed by atoms with Crippen molar-refractivity contribution in [3.63, 3.8) is 0 Å². The fourth-order valence-corrected chi connectivity index (χ4v) is 2.60. The molecular weight excluding hydrogens is 384 g/mol. The summed E-state index contributed by atoms with van der Waals surface area (Å²) in [6.07, 6.45) is -0.201. The number of halogens is 2. The number of nitrogens with one attached hydrogen (secondary N) is 1. The molecule has 0 aromatic heterocycles. The van der Waals surface area contributed by atoms with Crippen LogP contribution in [0.15, 0.2) is 42.5 Å². The van der Waals surface area contributed by atoms with Crippen LogP contribution in [0.1, 0.15) is 18.1 Å². The lowest BCUT2D eigenvalue weighted by Gasteiger charge is -2.14. The molecule has 0 radical (unpaired) electrons. The molecule has 0 aliphatic heterocycles. The van der Waals surface area contributed by atoms with Gasteiger partial charge in [0.25, 0.3) is 0 Å². The molecule has 1 atom stereocenters. The van der Waals surface area contributed by atoms with Crippen LogP contribution >= 0.6 is 0 Å². The molecule has 0 spiro atoms. The highest BCUT2D eigenvalue weighted by molar-refractivity contribution is 5.80. The number of rotatable bonds is 11. The molecule has 2 rings (SSSR count). The van der Waals surface area contributed by atoms with E-state index in [2.05, 4.69) is 10.1 Å². The first-order valence-electron chi connectivity index (χ1n) is 9.07. The van der Waals surface area contributed by atoms with E-state index in [-0.39, 0.29) is 24.0 Å². The minimum Gasteiger partial charge on any atom is -0.497 e. The molecule has 6 nitrogen and oxygen atoms in total. The monoisotopic (exact) mass is 409 g/mol. The minimum absolute atomic E-state index is 0.0404. The summed E-state index contributed by atoms with van der Waals surface area (Å²) >= 11 is 0. The Balaban J connectivity index is 1.81. The van der Waals surface area contributed by atoms with Gasteiger partial charge in [0.05, 0.1) is 20.8 Å². The van der Waals surface area contributed by atoms with Gasteiger partial charge in [-0.25, -0.2) is 0 Å². The molecular formula is C21H25F2NO5. The second kappa shape index (κ2) is 11.2. The van der Waals surface area contributed by atoms with Crippen molar-refractivity contribution in [1.82, 2.24) is 5.32 Å². The Morgan fingerprint density at radius 1 is 1.03 bits per heavy atom. The van der Waals surface area contributed by atoms with Gasteiger partial charge < -0.3 is 24.3 Å². The third kappa shape index (κ3) is 7.23. The number of ether oxygens (including phenoxy) is 4. The smallest absolute Gasteiger partial charge is 0.387 e.